The lowest BCUT2D eigenvalue weighted by atomic mass is 10.1. The smallest absolute Gasteiger partial charge is 0.337 e. The second-order valence-corrected chi connectivity index (χ2v) is 6.45. The van der Waals surface area contributed by atoms with E-state index in [0.29, 0.717) is 18.7 Å². The number of esters is 1. The van der Waals surface area contributed by atoms with Gasteiger partial charge < -0.3 is 15.4 Å². The van der Waals surface area contributed by atoms with E-state index in [0.717, 1.165) is 30.8 Å². The first-order valence-corrected chi connectivity index (χ1v) is 9.55. The highest BCUT2D eigenvalue weighted by atomic mass is 16.5. The first-order valence-electron chi connectivity index (χ1n) is 9.55. The monoisotopic (exact) mass is 383 g/mol. The van der Waals surface area contributed by atoms with Crippen LogP contribution in [0.5, 0.6) is 0 Å². The fourth-order valence-electron chi connectivity index (χ4n) is 2.87. The van der Waals surface area contributed by atoms with Crippen molar-refractivity contribution in [3.8, 4) is 0 Å². The van der Waals surface area contributed by atoms with Crippen LogP contribution >= 0.6 is 0 Å². The maximum Gasteiger partial charge on any atom is 0.337 e. The molecule has 0 saturated carbocycles. The maximum absolute atomic E-state index is 12.2. The second kappa shape index (κ2) is 11.1. The highest BCUT2D eigenvalue weighted by molar-refractivity contribution is 5.89. The number of hydrogen-bond acceptors (Lipinski definition) is 4. The van der Waals surface area contributed by atoms with Gasteiger partial charge >= 0.3 is 12.0 Å². The summed E-state index contributed by atoms with van der Waals surface area (Å²) in [5.74, 6) is -0.374. The maximum atomic E-state index is 12.2. The van der Waals surface area contributed by atoms with Crippen LogP contribution in [0, 0.1) is 0 Å². The van der Waals surface area contributed by atoms with Crippen LogP contribution in [0.3, 0.4) is 0 Å². The van der Waals surface area contributed by atoms with Gasteiger partial charge in [0, 0.05) is 19.6 Å². The number of methoxy groups -OCH3 is 1. The summed E-state index contributed by atoms with van der Waals surface area (Å²) in [6, 6.07) is 14.9. The van der Waals surface area contributed by atoms with Gasteiger partial charge in [-0.05, 0) is 41.9 Å². The molecule has 0 unspecified atom stereocenters. The summed E-state index contributed by atoms with van der Waals surface area (Å²) in [7, 11) is 1.35. The summed E-state index contributed by atoms with van der Waals surface area (Å²) >= 11 is 0. The molecule has 6 heteroatoms. The van der Waals surface area contributed by atoms with E-state index in [1.54, 1.807) is 24.3 Å². The molecule has 2 rings (SSSR count). The molecule has 0 atom stereocenters. The van der Waals surface area contributed by atoms with Crippen molar-refractivity contribution >= 4 is 12.0 Å². The zero-order valence-corrected chi connectivity index (χ0v) is 16.8. The van der Waals surface area contributed by atoms with Gasteiger partial charge in [-0.1, -0.05) is 50.2 Å². The molecule has 0 aromatic heterocycles. The number of nitrogens with one attached hydrogen (secondary N) is 2. The van der Waals surface area contributed by atoms with Gasteiger partial charge in [0.05, 0.1) is 12.7 Å². The van der Waals surface area contributed by atoms with Crippen molar-refractivity contribution in [2.45, 2.75) is 33.5 Å². The summed E-state index contributed by atoms with van der Waals surface area (Å²) in [6.07, 6.45) is 0. The van der Waals surface area contributed by atoms with Crippen LogP contribution in [-0.2, 0) is 24.4 Å². The normalized spacial score (nSPS) is 10.6. The molecular weight excluding hydrogens is 354 g/mol. The number of nitrogens with zero attached hydrogens (tertiary/aromatic N) is 1. The minimum atomic E-state index is -0.374. The molecule has 0 spiro atoms. The first-order chi connectivity index (χ1) is 13.6. The molecule has 2 amide bonds. The molecule has 28 heavy (non-hydrogen) atoms. The summed E-state index contributed by atoms with van der Waals surface area (Å²) in [6.45, 7) is 8.02. The van der Waals surface area contributed by atoms with Gasteiger partial charge in [0.25, 0.3) is 0 Å². The van der Waals surface area contributed by atoms with Crippen molar-refractivity contribution in [2.24, 2.45) is 0 Å². The van der Waals surface area contributed by atoms with Crippen molar-refractivity contribution in [3.05, 3.63) is 70.8 Å². The third kappa shape index (κ3) is 6.39. The van der Waals surface area contributed by atoms with Gasteiger partial charge in [-0.25, -0.2) is 9.59 Å². The standard InChI is InChI=1S/C22H29N3O3/c1-4-25(5-2)16-20-9-7-6-8-19(20)15-24-22(27)23-14-17-10-12-18(13-11-17)21(26)28-3/h6-13H,4-5,14-16H2,1-3H3,(H2,23,24,27). The van der Waals surface area contributed by atoms with Gasteiger partial charge in [0.1, 0.15) is 0 Å². The molecule has 0 radical (unpaired) electrons. The van der Waals surface area contributed by atoms with E-state index in [1.807, 2.05) is 18.2 Å². The second-order valence-electron chi connectivity index (χ2n) is 6.45. The fourth-order valence-corrected chi connectivity index (χ4v) is 2.87. The van der Waals surface area contributed by atoms with Crippen molar-refractivity contribution in [1.29, 1.82) is 0 Å². The number of rotatable bonds is 9. The van der Waals surface area contributed by atoms with Crippen LogP contribution < -0.4 is 10.6 Å². The van der Waals surface area contributed by atoms with Crippen LogP contribution in [-0.4, -0.2) is 37.1 Å². The Kier molecular flexibility index (Phi) is 8.49. The Morgan fingerprint density at radius 2 is 1.50 bits per heavy atom. The number of urea groups is 1. The van der Waals surface area contributed by atoms with Crippen molar-refractivity contribution < 1.29 is 14.3 Å². The van der Waals surface area contributed by atoms with E-state index in [4.69, 9.17) is 0 Å². The summed E-state index contributed by atoms with van der Waals surface area (Å²) in [5.41, 5.74) is 3.74. The highest BCUT2D eigenvalue weighted by Gasteiger charge is 2.08. The summed E-state index contributed by atoms with van der Waals surface area (Å²) in [5, 5.41) is 5.75. The zero-order valence-electron chi connectivity index (χ0n) is 16.8. The molecule has 0 aliphatic heterocycles. The Morgan fingerprint density at radius 3 is 2.11 bits per heavy atom. The predicted molar refractivity (Wildman–Crippen MR) is 110 cm³/mol. The Hall–Kier alpha value is -2.86. The fraction of sp³-hybridized carbons (Fsp3) is 0.364. The lowest BCUT2D eigenvalue weighted by Crippen LogP contribution is -2.35. The number of benzene rings is 2. The van der Waals surface area contributed by atoms with Crippen LogP contribution in [0.2, 0.25) is 0 Å². The van der Waals surface area contributed by atoms with Crippen molar-refractivity contribution in [2.75, 3.05) is 20.2 Å². The van der Waals surface area contributed by atoms with Crippen molar-refractivity contribution in [1.82, 2.24) is 15.5 Å². The van der Waals surface area contributed by atoms with Gasteiger partial charge in [-0.3, -0.25) is 4.90 Å². The molecule has 2 aromatic carbocycles. The van der Waals surface area contributed by atoms with Crippen LogP contribution in [0.25, 0.3) is 0 Å². The number of ether oxygens (including phenoxy) is 1. The quantitative estimate of drug-likeness (QED) is 0.652. The molecule has 0 fully saturated rings. The Bertz CT molecular complexity index is 771. The molecule has 0 heterocycles. The zero-order chi connectivity index (χ0) is 20.4. The topological polar surface area (TPSA) is 70.7 Å². The minimum Gasteiger partial charge on any atom is -0.465 e. The lowest BCUT2D eigenvalue weighted by molar-refractivity contribution is 0.0600. The van der Waals surface area contributed by atoms with E-state index >= 15 is 0 Å². The van der Waals surface area contributed by atoms with Gasteiger partial charge in [0.15, 0.2) is 0 Å². The van der Waals surface area contributed by atoms with Crippen molar-refractivity contribution in [3.63, 3.8) is 0 Å². The largest absolute Gasteiger partial charge is 0.465 e. The molecule has 0 aliphatic rings. The Morgan fingerprint density at radius 1 is 0.893 bits per heavy atom. The molecule has 0 aliphatic carbocycles. The third-order valence-corrected chi connectivity index (χ3v) is 4.67. The van der Waals surface area contributed by atoms with Gasteiger partial charge in [0.2, 0.25) is 0 Å². The van der Waals surface area contributed by atoms with E-state index in [1.165, 1.54) is 12.7 Å². The van der Waals surface area contributed by atoms with E-state index in [-0.39, 0.29) is 12.0 Å². The third-order valence-electron chi connectivity index (χ3n) is 4.67. The molecule has 0 saturated heterocycles. The predicted octanol–water partition coefficient (Wildman–Crippen LogP) is 3.31. The average Bonchev–Trinajstić information content (AvgIpc) is 2.75. The molecule has 2 N–H and O–H groups in total. The molecule has 150 valence electrons. The number of carbonyl (C=O) groups is 2. The Balaban J connectivity index is 1.85. The van der Waals surface area contributed by atoms with E-state index in [9.17, 15) is 9.59 Å². The Labute approximate surface area is 166 Å². The first kappa shape index (κ1) is 21.4. The van der Waals surface area contributed by atoms with Crippen LogP contribution in [0.15, 0.2) is 48.5 Å². The van der Waals surface area contributed by atoms with E-state index < -0.39 is 0 Å². The van der Waals surface area contributed by atoms with Crippen LogP contribution in [0.4, 0.5) is 4.79 Å². The molecule has 6 nitrogen and oxygen atoms in total. The van der Waals surface area contributed by atoms with Gasteiger partial charge in [-0.15, -0.1) is 0 Å². The number of amides is 2. The van der Waals surface area contributed by atoms with Gasteiger partial charge in [-0.2, -0.15) is 0 Å². The van der Waals surface area contributed by atoms with Crippen LogP contribution in [0.1, 0.15) is 40.9 Å². The molecule has 2 aromatic rings. The lowest BCUT2D eigenvalue weighted by Gasteiger charge is -2.20. The molecule has 0 bridgehead atoms. The SMILES string of the molecule is CCN(CC)Cc1ccccc1CNC(=O)NCc1ccc(C(=O)OC)cc1. The molecular formula is C22H29N3O3. The minimum absolute atomic E-state index is 0.227. The average molecular weight is 383 g/mol. The number of hydrogen-bond donors (Lipinski definition) is 2. The summed E-state index contributed by atoms with van der Waals surface area (Å²) < 4.78 is 4.67. The van der Waals surface area contributed by atoms with E-state index in [2.05, 4.69) is 40.2 Å². The number of carbonyl (C=O) groups excluding carboxylic acids is 2. The highest BCUT2D eigenvalue weighted by Crippen LogP contribution is 2.12. The summed E-state index contributed by atoms with van der Waals surface area (Å²) in [4.78, 5) is 25.9.